The van der Waals surface area contributed by atoms with Crippen molar-refractivity contribution in [2.45, 2.75) is 51.4 Å². The minimum Gasteiger partial charge on any atom is -0.505 e. The Labute approximate surface area is 123 Å². The van der Waals surface area contributed by atoms with E-state index in [1.165, 1.54) is 0 Å². The normalized spacial score (nSPS) is 24.4. The van der Waals surface area contributed by atoms with E-state index < -0.39 is 0 Å². The van der Waals surface area contributed by atoms with Crippen molar-refractivity contribution in [1.29, 1.82) is 0 Å². The number of phenols is 1. The Morgan fingerprint density at radius 3 is 2.16 bits per heavy atom. The first-order valence-corrected chi connectivity index (χ1v) is 7.01. The number of nitrogens with one attached hydrogen (secondary N) is 1. The van der Waals surface area contributed by atoms with Gasteiger partial charge in [0.2, 0.25) is 0 Å². The molecule has 0 aromatic heterocycles. The third-order valence-corrected chi connectivity index (χ3v) is 4.01. The molecular weight excluding hydrogens is 285 g/mol. The molecule has 0 amide bonds. The van der Waals surface area contributed by atoms with E-state index in [0.29, 0.717) is 0 Å². The molecule has 0 spiro atoms. The molecule has 1 atom stereocenters. The second-order valence-corrected chi connectivity index (χ2v) is 6.97. The average molecular weight is 304 g/mol. The zero-order chi connectivity index (χ0) is 14.4. The highest BCUT2D eigenvalue weighted by molar-refractivity contribution is 6.37. The number of phenolic OH excluding ortho intramolecular Hbond substituents is 1. The van der Waals surface area contributed by atoms with Gasteiger partial charge < -0.3 is 15.2 Å². The summed E-state index contributed by atoms with van der Waals surface area (Å²) in [6.07, 6.45) is 0.885. The zero-order valence-electron chi connectivity index (χ0n) is 11.6. The molecule has 1 fully saturated rings. The molecule has 0 radical (unpaired) electrons. The SMILES string of the molecule is CC1(C)CC(Nc2cc(Cl)c(O)c(Cl)c2)C(C)(C)O1. The van der Waals surface area contributed by atoms with Gasteiger partial charge in [-0.3, -0.25) is 0 Å². The lowest BCUT2D eigenvalue weighted by atomic mass is 9.94. The molecule has 5 heteroatoms. The van der Waals surface area contributed by atoms with Crippen LogP contribution in [-0.2, 0) is 4.74 Å². The van der Waals surface area contributed by atoms with Crippen LogP contribution >= 0.6 is 23.2 Å². The van der Waals surface area contributed by atoms with Gasteiger partial charge in [0, 0.05) is 5.69 Å². The molecule has 1 saturated heterocycles. The van der Waals surface area contributed by atoms with Crippen LogP contribution in [0.3, 0.4) is 0 Å². The van der Waals surface area contributed by atoms with Gasteiger partial charge in [-0.2, -0.15) is 0 Å². The highest BCUT2D eigenvalue weighted by atomic mass is 35.5. The molecule has 2 rings (SSSR count). The van der Waals surface area contributed by atoms with Gasteiger partial charge in [-0.05, 0) is 46.2 Å². The largest absolute Gasteiger partial charge is 0.505 e. The fourth-order valence-corrected chi connectivity index (χ4v) is 3.12. The van der Waals surface area contributed by atoms with Crippen LogP contribution < -0.4 is 5.32 Å². The van der Waals surface area contributed by atoms with Crippen LogP contribution in [0.15, 0.2) is 12.1 Å². The highest BCUT2D eigenvalue weighted by Gasteiger charge is 2.45. The summed E-state index contributed by atoms with van der Waals surface area (Å²) in [4.78, 5) is 0. The topological polar surface area (TPSA) is 41.5 Å². The van der Waals surface area contributed by atoms with Crippen LogP contribution in [0.4, 0.5) is 5.69 Å². The summed E-state index contributed by atoms with van der Waals surface area (Å²) in [5.74, 6) is -0.0869. The van der Waals surface area contributed by atoms with Crippen LogP contribution in [0.1, 0.15) is 34.1 Å². The van der Waals surface area contributed by atoms with Crippen molar-refractivity contribution >= 4 is 28.9 Å². The first-order valence-electron chi connectivity index (χ1n) is 6.25. The first-order chi connectivity index (χ1) is 8.61. The van der Waals surface area contributed by atoms with E-state index in [2.05, 4.69) is 33.0 Å². The molecule has 2 N–H and O–H groups in total. The summed E-state index contributed by atoms with van der Waals surface area (Å²) in [5, 5.41) is 13.4. The summed E-state index contributed by atoms with van der Waals surface area (Å²) in [7, 11) is 0. The first kappa shape index (κ1) is 14.8. The Hall–Kier alpha value is -0.640. The van der Waals surface area contributed by atoms with Gasteiger partial charge in [-0.15, -0.1) is 0 Å². The van der Waals surface area contributed by atoms with E-state index in [-0.39, 0.29) is 33.0 Å². The van der Waals surface area contributed by atoms with Gasteiger partial charge in [0.25, 0.3) is 0 Å². The van der Waals surface area contributed by atoms with Crippen molar-refractivity contribution in [3.05, 3.63) is 22.2 Å². The van der Waals surface area contributed by atoms with Crippen LogP contribution in [0.2, 0.25) is 10.0 Å². The monoisotopic (exact) mass is 303 g/mol. The number of hydrogen-bond donors (Lipinski definition) is 2. The molecule has 0 saturated carbocycles. The van der Waals surface area contributed by atoms with Gasteiger partial charge in [0.1, 0.15) is 0 Å². The van der Waals surface area contributed by atoms with Gasteiger partial charge in [-0.1, -0.05) is 23.2 Å². The highest BCUT2D eigenvalue weighted by Crippen LogP contribution is 2.40. The maximum Gasteiger partial charge on any atom is 0.152 e. The third kappa shape index (κ3) is 3.10. The summed E-state index contributed by atoms with van der Waals surface area (Å²) in [6, 6.07) is 3.49. The third-order valence-electron chi connectivity index (χ3n) is 3.43. The van der Waals surface area contributed by atoms with Crippen LogP contribution in [0.5, 0.6) is 5.75 Å². The standard InChI is InChI=1S/C14H19Cl2NO2/c1-13(2)7-11(14(3,4)19-13)17-8-5-9(15)12(18)10(16)6-8/h5-6,11,17-18H,7H2,1-4H3. The van der Waals surface area contributed by atoms with E-state index in [4.69, 9.17) is 27.9 Å². The number of rotatable bonds is 2. The van der Waals surface area contributed by atoms with Crippen LogP contribution in [0.25, 0.3) is 0 Å². The maximum atomic E-state index is 9.56. The van der Waals surface area contributed by atoms with E-state index in [0.717, 1.165) is 12.1 Å². The lowest BCUT2D eigenvalue weighted by molar-refractivity contribution is -0.0662. The molecule has 1 unspecified atom stereocenters. The van der Waals surface area contributed by atoms with Crippen LogP contribution in [-0.4, -0.2) is 22.4 Å². The van der Waals surface area contributed by atoms with Crippen molar-refractivity contribution in [3.8, 4) is 5.75 Å². The molecule has 3 nitrogen and oxygen atoms in total. The minimum atomic E-state index is -0.277. The quantitative estimate of drug-likeness (QED) is 0.793. The molecule has 19 heavy (non-hydrogen) atoms. The Bertz CT molecular complexity index is 477. The summed E-state index contributed by atoms with van der Waals surface area (Å²) in [6.45, 7) is 8.27. The van der Waals surface area contributed by atoms with E-state index in [1.54, 1.807) is 12.1 Å². The molecule has 1 aromatic carbocycles. The van der Waals surface area contributed by atoms with Gasteiger partial charge in [0.05, 0.1) is 27.3 Å². The van der Waals surface area contributed by atoms with Crippen molar-refractivity contribution in [1.82, 2.24) is 0 Å². The van der Waals surface area contributed by atoms with Gasteiger partial charge in [-0.25, -0.2) is 0 Å². The zero-order valence-corrected chi connectivity index (χ0v) is 13.1. The van der Waals surface area contributed by atoms with Crippen molar-refractivity contribution in [2.75, 3.05) is 5.32 Å². The number of ether oxygens (including phenoxy) is 1. The molecule has 106 valence electrons. The Kier molecular flexibility index (Phi) is 3.67. The smallest absolute Gasteiger partial charge is 0.152 e. The molecule has 0 bridgehead atoms. The molecule has 1 aliphatic heterocycles. The number of halogens is 2. The lowest BCUT2D eigenvalue weighted by Crippen LogP contribution is -2.38. The Balaban J connectivity index is 2.22. The second-order valence-electron chi connectivity index (χ2n) is 6.15. The average Bonchev–Trinajstić information content (AvgIpc) is 2.43. The summed E-state index contributed by atoms with van der Waals surface area (Å²) < 4.78 is 6.03. The van der Waals surface area contributed by atoms with Crippen molar-refractivity contribution in [2.24, 2.45) is 0 Å². The molecular formula is C14H19Cl2NO2. The predicted octanol–water partition coefficient (Wildman–Crippen LogP) is 4.46. The van der Waals surface area contributed by atoms with Crippen molar-refractivity contribution < 1.29 is 9.84 Å². The number of anilines is 1. The van der Waals surface area contributed by atoms with E-state index in [9.17, 15) is 5.11 Å². The molecule has 1 aliphatic rings. The van der Waals surface area contributed by atoms with Crippen molar-refractivity contribution in [3.63, 3.8) is 0 Å². The fraction of sp³-hybridized carbons (Fsp3) is 0.571. The number of benzene rings is 1. The number of hydrogen-bond acceptors (Lipinski definition) is 3. The van der Waals surface area contributed by atoms with Crippen LogP contribution in [0, 0.1) is 0 Å². The second kappa shape index (κ2) is 4.72. The minimum absolute atomic E-state index is 0.0869. The van der Waals surface area contributed by atoms with Gasteiger partial charge >= 0.3 is 0 Å². The summed E-state index contributed by atoms with van der Waals surface area (Å²) in [5.41, 5.74) is 0.346. The lowest BCUT2D eigenvalue weighted by Gasteiger charge is -2.28. The Morgan fingerprint density at radius 2 is 1.74 bits per heavy atom. The fourth-order valence-electron chi connectivity index (χ4n) is 2.64. The molecule has 1 heterocycles. The Morgan fingerprint density at radius 1 is 1.21 bits per heavy atom. The maximum absolute atomic E-state index is 9.56. The number of aromatic hydroxyl groups is 1. The predicted molar refractivity (Wildman–Crippen MR) is 79.4 cm³/mol. The van der Waals surface area contributed by atoms with Gasteiger partial charge in [0.15, 0.2) is 5.75 Å². The van der Waals surface area contributed by atoms with E-state index >= 15 is 0 Å². The van der Waals surface area contributed by atoms with E-state index in [1.807, 2.05) is 0 Å². The molecule has 0 aliphatic carbocycles. The molecule has 1 aromatic rings. The summed E-state index contributed by atoms with van der Waals surface area (Å²) >= 11 is 11.9.